The Morgan fingerprint density at radius 1 is 1.11 bits per heavy atom. The summed E-state index contributed by atoms with van der Waals surface area (Å²) in [4.78, 5) is 14.3. The van der Waals surface area contributed by atoms with E-state index >= 15 is 0 Å². The number of ether oxygens (including phenoxy) is 1. The van der Waals surface area contributed by atoms with E-state index in [1.54, 1.807) is 0 Å². The van der Waals surface area contributed by atoms with Crippen LogP contribution in [0.4, 0.5) is 8.78 Å². The number of nitrogens with one attached hydrogen (secondary N) is 1. The highest BCUT2D eigenvalue weighted by molar-refractivity contribution is 5.94. The molecule has 0 bridgehead atoms. The van der Waals surface area contributed by atoms with Crippen LogP contribution in [0.15, 0.2) is 48.5 Å². The van der Waals surface area contributed by atoms with Crippen molar-refractivity contribution in [2.24, 2.45) is 0 Å². The van der Waals surface area contributed by atoms with Crippen LogP contribution in [0.1, 0.15) is 34.9 Å². The predicted molar refractivity (Wildman–Crippen MR) is 99.5 cm³/mol. The average Bonchev–Trinajstić information content (AvgIpc) is 2.70. The van der Waals surface area contributed by atoms with E-state index in [0.29, 0.717) is 13.2 Å². The Labute approximate surface area is 158 Å². The number of carbonyl (C=O) groups is 1. The van der Waals surface area contributed by atoms with Gasteiger partial charge in [0.25, 0.3) is 5.91 Å². The van der Waals surface area contributed by atoms with Crippen molar-refractivity contribution in [3.63, 3.8) is 0 Å². The van der Waals surface area contributed by atoms with Gasteiger partial charge in [-0.1, -0.05) is 30.3 Å². The fraction of sp³-hybridized carbons (Fsp3) is 0.381. The molecule has 2 aromatic carbocycles. The average molecular weight is 374 g/mol. The van der Waals surface area contributed by atoms with Crippen LogP contribution in [0.2, 0.25) is 0 Å². The van der Waals surface area contributed by atoms with Gasteiger partial charge >= 0.3 is 0 Å². The number of benzene rings is 2. The first-order chi connectivity index (χ1) is 13.1. The second kappa shape index (κ2) is 9.58. The third-order valence-corrected chi connectivity index (χ3v) is 4.69. The molecular weight excluding hydrogens is 350 g/mol. The normalized spacial score (nSPS) is 17.6. The number of unbranched alkanes of at least 4 members (excludes halogenated alkanes) is 1. The van der Waals surface area contributed by atoms with Crippen LogP contribution in [-0.4, -0.2) is 43.6 Å². The lowest BCUT2D eigenvalue weighted by molar-refractivity contribution is -0.0303. The number of amides is 1. The lowest BCUT2D eigenvalue weighted by atomic mass is 10.1. The summed E-state index contributed by atoms with van der Waals surface area (Å²) < 4.78 is 31.9. The molecule has 3 rings (SSSR count). The second-order valence-electron chi connectivity index (χ2n) is 6.66. The molecule has 0 aliphatic carbocycles. The number of rotatable bonds is 7. The molecule has 0 saturated carbocycles. The van der Waals surface area contributed by atoms with Crippen molar-refractivity contribution in [1.82, 2.24) is 10.2 Å². The molecule has 1 N–H and O–H groups in total. The summed E-state index contributed by atoms with van der Waals surface area (Å²) in [5.74, 6) is -2.35. The van der Waals surface area contributed by atoms with Gasteiger partial charge in [-0.3, -0.25) is 9.69 Å². The highest BCUT2D eigenvalue weighted by Gasteiger charge is 2.21. The van der Waals surface area contributed by atoms with Gasteiger partial charge in [-0.05, 0) is 43.1 Å². The van der Waals surface area contributed by atoms with Crippen molar-refractivity contribution in [2.75, 3.05) is 32.8 Å². The highest BCUT2D eigenvalue weighted by atomic mass is 19.2. The van der Waals surface area contributed by atoms with Crippen LogP contribution in [0, 0.1) is 11.6 Å². The van der Waals surface area contributed by atoms with E-state index in [0.717, 1.165) is 44.6 Å². The van der Waals surface area contributed by atoms with Crippen molar-refractivity contribution >= 4 is 5.91 Å². The Kier molecular flexibility index (Phi) is 6.90. The predicted octanol–water partition coefficient (Wildman–Crippen LogP) is 3.55. The first-order valence-corrected chi connectivity index (χ1v) is 9.25. The van der Waals surface area contributed by atoms with Crippen LogP contribution in [0.5, 0.6) is 0 Å². The molecule has 1 aliphatic rings. The summed E-state index contributed by atoms with van der Waals surface area (Å²) in [6.45, 7) is 3.93. The summed E-state index contributed by atoms with van der Waals surface area (Å²) in [6.07, 6.45) is 1.87. The zero-order valence-electron chi connectivity index (χ0n) is 15.2. The van der Waals surface area contributed by atoms with E-state index < -0.39 is 11.6 Å². The monoisotopic (exact) mass is 374 g/mol. The van der Waals surface area contributed by atoms with Crippen molar-refractivity contribution < 1.29 is 18.3 Å². The number of hydrogen-bond donors (Lipinski definition) is 1. The molecule has 1 atom stereocenters. The summed E-state index contributed by atoms with van der Waals surface area (Å²) in [5.41, 5.74) is 1.33. The van der Waals surface area contributed by atoms with Gasteiger partial charge in [-0.25, -0.2) is 8.78 Å². The number of morpholine rings is 1. The van der Waals surface area contributed by atoms with E-state index in [2.05, 4.69) is 22.3 Å². The molecule has 2 aromatic rings. The zero-order valence-corrected chi connectivity index (χ0v) is 15.2. The Morgan fingerprint density at radius 2 is 1.93 bits per heavy atom. The molecule has 144 valence electrons. The zero-order chi connectivity index (χ0) is 19.1. The van der Waals surface area contributed by atoms with Gasteiger partial charge < -0.3 is 10.1 Å². The largest absolute Gasteiger partial charge is 0.371 e. The first kappa shape index (κ1) is 19.5. The van der Waals surface area contributed by atoms with E-state index in [1.807, 2.05) is 18.2 Å². The fourth-order valence-corrected chi connectivity index (χ4v) is 3.18. The van der Waals surface area contributed by atoms with Crippen molar-refractivity contribution in [2.45, 2.75) is 18.9 Å². The fourth-order valence-electron chi connectivity index (χ4n) is 3.18. The second-order valence-corrected chi connectivity index (χ2v) is 6.66. The smallest absolute Gasteiger partial charge is 0.251 e. The quantitative estimate of drug-likeness (QED) is 0.754. The number of hydrogen-bond acceptors (Lipinski definition) is 3. The molecular formula is C21H24F2N2O2. The molecule has 1 fully saturated rings. The summed E-state index contributed by atoms with van der Waals surface area (Å²) >= 11 is 0. The Hall–Kier alpha value is -2.31. The minimum Gasteiger partial charge on any atom is -0.371 e. The van der Waals surface area contributed by atoms with Crippen LogP contribution in [0.3, 0.4) is 0 Å². The van der Waals surface area contributed by atoms with E-state index in [-0.39, 0.29) is 17.6 Å². The third-order valence-electron chi connectivity index (χ3n) is 4.69. The molecule has 1 amide bonds. The van der Waals surface area contributed by atoms with Gasteiger partial charge in [0, 0.05) is 25.2 Å². The Bertz CT molecular complexity index is 755. The van der Waals surface area contributed by atoms with Crippen LogP contribution in [0.25, 0.3) is 0 Å². The van der Waals surface area contributed by atoms with Gasteiger partial charge in [0.15, 0.2) is 11.6 Å². The van der Waals surface area contributed by atoms with Gasteiger partial charge in [-0.15, -0.1) is 0 Å². The molecule has 1 unspecified atom stereocenters. The van der Waals surface area contributed by atoms with E-state index in [1.165, 1.54) is 11.6 Å². The van der Waals surface area contributed by atoms with E-state index in [4.69, 9.17) is 4.74 Å². The first-order valence-electron chi connectivity index (χ1n) is 9.25. The molecule has 0 aromatic heterocycles. The van der Waals surface area contributed by atoms with Crippen molar-refractivity contribution in [3.05, 3.63) is 71.3 Å². The van der Waals surface area contributed by atoms with Gasteiger partial charge in [0.05, 0.1) is 12.7 Å². The lowest BCUT2D eigenvalue weighted by Crippen LogP contribution is -2.39. The number of halogens is 2. The topological polar surface area (TPSA) is 41.6 Å². The van der Waals surface area contributed by atoms with Crippen LogP contribution < -0.4 is 5.32 Å². The van der Waals surface area contributed by atoms with Crippen molar-refractivity contribution in [3.8, 4) is 0 Å². The minimum absolute atomic E-state index is 0.105. The van der Waals surface area contributed by atoms with Gasteiger partial charge in [0.1, 0.15) is 0 Å². The van der Waals surface area contributed by atoms with Crippen molar-refractivity contribution in [1.29, 1.82) is 0 Å². The highest BCUT2D eigenvalue weighted by Crippen LogP contribution is 2.22. The molecule has 27 heavy (non-hydrogen) atoms. The summed E-state index contributed by atoms with van der Waals surface area (Å²) in [6, 6.07) is 13.4. The van der Waals surface area contributed by atoms with Gasteiger partial charge in [-0.2, -0.15) is 0 Å². The molecule has 1 saturated heterocycles. The maximum absolute atomic E-state index is 13.2. The van der Waals surface area contributed by atoms with Crippen LogP contribution in [-0.2, 0) is 4.74 Å². The lowest BCUT2D eigenvalue weighted by Gasteiger charge is -2.33. The SMILES string of the molecule is O=C(NCCCCN1CCOC(c2ccccc2)C1)c1ccc(F)c(F)c1. The molecule has 1 aliphatic heterocycles. The molecule has 0 spiro atoms. The molecule has 6 heteroatoms. The maximum atomic E-state index is 13.2. The van der Waals surface area contributed by atoms with E-state index in [9.17, 15) is 13.6 Å². The number of nitrogens with zero attached hydrogens (tertiary/aromatic N) is 1. The summed E-state index contributed by atoms with van der Waals surface area (Å²) in [7, 11) is 0. The minimum atomic E-state index is -1.01. The number of carbonyl (C=O) groups excluding carboxylic acids is 1. The molecule has 1 heterocycles. The standard InChI is InChI=1S/C21H24F2N2O2/c22-18-9-8-17(14-19(18)23)21(26)24-10-4-5-11-25-12-13-27-20(15-25)16-6-2-1-3-7-16/h1-3,6-9,14,20H,4-5,10-13,15H2,(H,24,26). The molecule has 0 radical (unpaired) electrons. The summed E-state index contributed by atoms with van der Waals surface area (Å²) in [5, 5.41) is 2.75. The van der Waals surface area contributed by atoms with Gasteiger partial charge in [0.2, 0.25) is 0 Å². The Morgan fingerprint density at radius 3 is 2.70 bits per heavy atom. The Balaban J connectivity index is 1.36. The maximum Gasteiger partial charge on any atom is 0.251 e. The third kappa shape index (κ3) is 5.58. The van der Waals surface area contributed by atoms with Crippen LogP contribution >= 0.6 is 0 Å². The molecule has 4 nitrogen and oxygen atoms in total.